The summed E-state index contributed by atoms with van der Waals surface area (Å²) in [6, 6.07) is 10.2. The van der Waals surface area contributed by atoms with Crippen molar-refractivity contribution in [1.29, 1.82) is 0 Å². The second-order valence-electron chi connectivity index (χ2n) is 6.77. The minimum Gasteiger partial charge on any atom is -0.396 e. The van der Waals surface area contributed by atoms with Crippen molar-refractivity contribution in [3.63, 3.8) is 0 Å². The third-order valence-electron chi connectivity index (χ3n) is 4.77. The van der Waals surface area contributed by atoms with Gasteiger partial charge in [-0.15, -0.1) is 11.3 Å². The zero-order valence-electron chi connectivity index (χ0n) is 14.1. The number of aliphatic hydroxyl groups excluding tert-OH is 1. The van der Waals surface area contributed by atoms with E-state index in [9.17, 15) is 9.90 Å². The number of hydrogen-bond donors (Lipinski definition) is 1. The molecule has 0 bridgehead atoms. The van der Waals surface area contributed by atoms with Gasteiger partial charge in [0.2, 0.25) is 5.91 Å². The molecule has 1 fully saturated rings. The number of aryl methyl sites for hydroxylation is 1. The van der Waals surface area contributed by atoms with Crippen molar-refractivity contribution < 1.29 is 9.90 Å². The van der Waals surface area contributed by atoms with Gasteiger partial charge < -0.3 is 10.0 Å². The molecule has 1 aromatic heterocycles. The molecule has 24 heavy (non-hydrogen) atoms. The van der Waals surface area contributed by atoms with Gasteiger partial charge in [0.05, 0.1) is 23.7 Å². The molecule has 128 valence electrons. The van der Waals surface area contributed by atoms with Gasteiger partial charge in [-0.3, -0.25) is 4.79 Å². The minimum absolute atomic E-state index is 0.113. The van der Waals surface area contributed by atoms with E-state index in [0.29, 0.717) is 13.0 Å². The fraction of sp³-hybridized carbons (Fsp3) is 0.474. The standard InChI is InChI=1S/C19H24N2O2S/c1-15-20-17(12-24-15)10-18(23)21-9-5-8-19(13-21,14-22)11-16-6-3-2-4-7-16/h2-4,6-7,12,22H,5,8-11,13-14H2,1H3. The Kier molecular flexibility index (Phi) is 5.31. The van der Waals surface area contributed by atoms with Crippen molar-refractivity contribution in [3.8, 4) is 0 Å². The van der Waals surface area contributed by atoms with Gasteiger partial charge in [-0.1, -0.05) is 30.3 Å². The second kappa shape index (κ2) is 7.45. The van der Waals surface area contributed by atoms with Crippen LogP contribution in [0.1, 0.15) is 29.1 Å². The summed E-state index contributed by atoms with van der Waals surface area (Å²) in [6.45, 7) is 3.47. The molecule has 0 radical (unpaired) electrons. The van der Waals surface area contributed by atoms with Crippen LogP contribution in [0.3, 0.4) is 0 Å². The first-order chi connectivity index (χ1) is 11.6. The summed E-state index contributed by atoms with van der Waals surface area (Å²) in [7, 11) is 0. The van der Waals surface area contributed by atoms with Crippen LogP contribution < -0.4 is 0 Å². The number of likely N-dealkylation sites (tertiary alicyclic amines) is 1. The Bertz CT molecular complexity index is 686. The van der Waals surface area contributed by atoms with Crippen LogP contribution in [0.4, 0.5) is 0 Å². The number of aromatic nitrogens is 1. The van der Waals surface area contributed by atoms with E-state index >= 15 is 0 Å². The van der Waals surface area contributed by atoms with Crippen LogP contribution in [0, 0.1) is 12.3 Å². The van der Waals surface area contributed by atoms with E-state index in [1.165, 1.54) is 5.56 Å². The largest absolute Gasteiger partial charge is 0.396 e. The van der Waals surface area contributed by atoms with Crippen LogP contribution in [0.5, 0.6) is 0 Å². The Morgan fingerprint density at radius 3 is 2.83 bits per heavy atom. The Hall–Kier alpha value is -1.72. The van der Waals surface area contributed by atoms with Crippen molar-refractivity contribution in [2.75, 3.05) is 19.7 Å². The number of benzene rings is 1. The molecule has 1 saturated heterocycles. The SMILES string of the molecule is Cc1nc(CC(=O)N2CCCC(CO)(Cc3ccccc3)C2)cs1. The Morgan fingerprint density at radius 2 is 2.17 bits per heavy atom. The van der Waals surface area contributed by atoms with E-state index in [0.717, 1.165) is 36.5 Å². The highest BCUT2D eigenvalue weighted by Gasteiger charge is 2.36. The number of thiazole rings is 1. The number of nitrogens with zero attached hydrogens (tertiary/aromatic N) is 2. The predicted octanol–water partition coefficient (Wildman–Crippen LogP) is 2.84. The summed E-state index contributed by atoms with van der Waals surface area (Å²) >= 11 is 1.58. The molecule has 1 aliphatic heterocycles. The van der Waals surface area contributed by atoms with Crippen molar-refractivity contribution >= 4 is 17.2 Å². The lowest BCUT2D eigenvalue weighted by atomic mass is 9.75. The van der Waals surface area contributed by atoms with E-state index in [1.54, 1.807) is 11.3 Å². The summed E-state index contributed by atoms with van der Waals surface area (Å²) < 4.78 is 0. The fourth-order valence-corrected chi connectivity index (χ4v) is 4.15. The lowest BCUT2D eigenvalue weighted by Gasteiger charge is -2.42. The lowest BCUT2D eigenvalue weighted by Crippen LogP contribution is -2.49. The monoisotopic (exact) mass is 344 g/mol. The Morgan fingerprint density at radius 1 is 1.38 bits per heavy atom. The highest BCUT2D eigenvalue weighted by Crippen LogP contribution is 2.33. The van der Waals surface area contributed by atoms with Gasteiger partial charge in [-0.05, 0) is 31.7 Å². The normalized spacial score (nSPS) is 21.0. The van der Waals surface area contributed by atoms with Gasteiger partial charge in [-0.25, -0.2) is 4.98 Å². The summed E-state index contributed by atoms with van der Waals surface area (Å²) in [4.78, 5) is 18.9. The maximum Gasteiger partial charge on any atom is 0.228 e. The molecule has 1 aromatic carbocycles. The molecule has 0 saturated carbocycles. The molecule has 0 aliphatic carbocycles. The maximum absolute atomic E-state index is 12.6. The fourth-order valence-electron chi connectivity index (χ4n) is 3.54. The third kappa shape index (κ3) is 4.02. The number of amides is 1. The van der Waals surface area contributed by atoms with Crippen molar-refractivity contribution in [2.24, 2.45) is 5.41 Å². The van der Waals surface area contributed by atoms with Crippen LogP contribution in [-0.4, -0.2) is 40.6 Å². The van der Waals surface area contributed by atoms with E-state index < -0.39 is 0 Å². The topological polar surface area (TPSA) is 53.4 Å². The first-order valence-electron chi connectivity index (χ1n) is 8.44. The molecule has 1 amide bonds. The zero-order chi connectivity index (χ0) is 17.0. The number of piperidine rings is 1. The molecule has 1 N–H and O–H groups in total. The summed E-state index contributed by atoms with van der Waals surface area (Å²) in [6.07, 6.45) is 3.06. The van der Waals surface area contributed by atoms with Gasteiger partial charge >= 0.3 is 0 Å². The molecule has 0 spiro atoms. The summed E-state index contributed by atoms with van der Waals surface area (Å²) in [5.74, 6) is 0.117. The highest BCUT2D eigenvalue weighted by molar-refractivity contribution is 7.09. The number of carbonyl (C=O) groups is 1. The van der Waals surface area contributed by atoms with Gasteiger partial charge in [0.25, 0.3) is 0 Å². The van der Waals surface area contributed by atoms with Crippen LogP contribution in [-0.2, 0) is 17.6 Å². The molecule has 5 heteroatoms. The lowest BCUT2D eigenvalue weighted by molar-refractivity contribution is -0.134. The van der Waals surface area contributed by atoms with Crippen LogP contribution in [0.25, 0.3) is 0 Å². The molecule has 1 atom stereocenters. The molecule has 1 aliphatic rings. The average molecular weight is 344 g/mol. The van der Waals surface area contributed by atoms with Crippen LogP contribution >= 0.6 is 11.3 Å². The maximum atomic E-state index is 12.6. The second-order valence-corrected chi connectivity index (χ2v) is 7.84. The average Bonchev–Trinajstić information content (AvgIpc) is 3.01. The molecule has 1 unspecified atom stereocenters. The summed E-state index contributed by atoms with van der Waals surface area (Å²) in [5.41, 5.74) is 1.84. The Labute approximate surface area is 147 Å². The van der Waals surface area contributed by atoms with Gasteiger partial charge in [0.1, 0.15) is 0 Å². The van der Waals surface area contributed by atoms with Crippen molar-refractivity contribution in [1.82, 2.24) is 9.88 Å². The van der Waals surface area contributed by atoms with Gasteiger partial charge in [0, 0.05) is 23.9 Å². The Balaban J connectivity index is 1.68. The van der Waals surface area contributed by atoms with Crippen LogP contribution in [0.15, 0.2) is 35.7 Å². The summed E-state index contributed by atoms with van der Waals surface area (Å²) in [5, 5.41) is 13.0. The van der Waals surface area contributed by atoms with Gasteiger partial charge in [0.15, 0.2) is 0 Å². The van der Waals surface area contributed by atoms with E-state index in [1.807, 2.05) is 35.4 Å². The molecule has 2 aromatic rings. The van der Waals surface area contributed by atoms with E-state index in [2.05, 4.69) is 17.1 Å². The predicted molar refractivity (Wildman–Crippen MR) is 96.0 cm³/mol. The number of carbonyl (C=O) groups excluding carboxylic acids is 1. The van der Waals surface area contributed by atoms with Crippen molar-refractivity contribution in [3.05, 3.63) is 52.0 Å². The van der Waals surface area contributed by atoms with Crippen LogP contribution in [0.2, 0.25) is 0 Å². The zero-order valence-corrected chi connectivity index (χ0v) is 14.9. The molecule has 2 heterocycles. The molecular weight excluding hydrogens is 320 g/mol. The first-order valence-corrected chi connectivity index (χ1v) is 9.32. The number of rotatable bonds is 5. The van der Waals surface area contributed by atoms with E-state index in [-0.39, 0.29) is 17.9 Å². The van der Waals surface area contributed by atoms with E-state index in [4.69, 9.17) is 0 Å². The molecule has 4 nitrogen and oxygen atoms in total. The minimum atomic E-state index is -0.229. The number of aliphatic hydroxyl groups is 1. The highest BCUT2D eigenvalue weighted by atomic mass is 32.1. The molecule has 3 rings (SSSR count). The number of hydrogen-bond acceptors (Lipinski definition) is 4. The van der Waals surface area contributed by atoms with Crippen molar-refractivity contribution in [2.45, 2.75) is 32.6 Å². The molecular formula is C19H24N2O2S. The smallest absolute Gasteiger partial charge is 0.228 e. The van der Waals surface area contributed by atoms with Gasteiger partial charge in [-0.2, -0.15) is 0 Å². The first kappa shape index (κ1) is 17.1. The third-order valence-corrected chi connectivity index (χ3v) is 5.59. The quantitative estimate of drug-likeness (QED) is 0.907.